The van der Waals surface area contributed by atoms with Gasteiger partial charge in [0.15, 0.2) is 0 Å². The molecule has 7 heteroatoms. The first-order chi connectivity index (χ1) is 10.3. The number of aromatic nitrogens is 1. The van der Waals surface area contributed by atoms with Crippen LogP contribution in [0.15, 0.2) is 18.3 Å². The minimum Gasteiger partial charge on any atom is -0.356 e. The summed E-state index contributed by atoms with van der Waals surface area (Å²) in [5.41, 5.74) is 6.48. The van der Waals surface area contributed by atoms with E-state index in [2.05, 4.69) is 9.88 Å². The summed E-state index contributed by atoms with van der Waals surface area (Å²) in [6, 6.07) is 3.78. The lowest BCUT2D eigenvalue weighted by Gasteiger charge is -2.32. The molecule has 2 N–H and O–H groups in total. The third-order valence-corrected chi connectivity index (χ3v) is 4.66. The fourth-order valence-electron chi connectivity index (χ4n) is 3.29. The van der Waals surface area contributed by atoms with Gasteiger partial charge in [0.25, 0.3) is 5.91 Å². The summed E-state index contributed by atoms with van der Waals surface area (Å²) in [6.07, 6.45) is 6.19. The second kappa shape index (κ2) is 9.30. The van der Waals surface area contributed by atoms with E-state index in [4.69, 9.17) is 5.73 Å². The molecule has 1 aromatic heterocycles. The summed E-state index contributed by atoms with van der Waals surface area (Å²) in [4.78, 5) is 21.5. The van der Waals surface area contributed by atoms with Crippen LogP contribution in [0.3, 0.4) is 0 Å². The summed E-state index contributed by atoms with van der Waals surface area (Å²) in [6.45, 7) is 4.37. The van der Waals surface area contributed by atoms with E-state index < -0.39 is 0 Å². The Bertz CT molecular complexity index is 501. The molecular formula is C16H26Cl2N4O. The molecule has 0 radical (unpaired) electrons. The number of rotatable bonds is 3. The second-order valence-corrected chi connectivity index (χ2v) is 6.04. The second-order valence-electron chi connectivity index (χ2n) is 6.04. The highest BCUT2D eigenvalue weighted by Crippen LogP contribution is 2.25. The van der Waals surface area contributed by atoms with E-state index in [9.17, 15) is 4.79 Å². The number of anilines is 1. The Hall–Kier alpha value is -1.04. The molecule has 0 aromatic carbocycles. The monoisotopic (exact) mass is 360 g/mol. The highest BCUT2D eigenvalue weighted by atomic mass is 35.5. The summed E-state index contributed by atoms with van der Waals surface area (Å²) in [5.74, 6) is 1.56. The van der Waals surface area contributed by atoms with Gasteiger partial charge in [-0.1, -0.05) is 0 Å². The fourth-order valence-corrected chi connectivity index (χ4v) is 3.29. The molecule has 0 aliphatic carbocycles. The Labute approximate surface area is 150 Å². The van der Waals surface area contributed by atoms with Gasteiger partial charge in [-0.2, -0.15) is 0 Å². The smallest absolute Gasteiger partial charge is 0.257 e. The number of nitrogens with two attached hydrogens (primary N) is 1. The van der Waals surface area contributed by atoms with Crippen LogP contribution in [0, 0.1) is 5.92 Å². The molecule has 130 valence electrons. The molecule has 5 nitrogen and oxygen atoms in total. The number of hydrogen-bond donors (Lipinski definition) is 1. The van der Waals surface area contributed by atoms with Crippen molar-refractivity contribution in [3.05, 3.63) is 23.9 Å². The fraction of sp³-hybridized carbons (Fsp3) is 0.625. The van der Waals surface area contributed by atoms with E-state index in [-0.39, 0.29) is 30.7 Å². The molecule has 2 aliphatic rings. The molecule has 0 bridgehead atoms. The zero-order chi connectivity index (χ0) is 14.7. The third kappa shape index (κ3) is 4.49. The van der Waals surface area contributed by atoms with E-state index in [1.165, 1.54) is 12.8 Å². The van der Waals surface area contributed by atoms with E-state index in [0.717, 1.165) is 56.9 Å². The number of carbonyl (C=O) groups is 1. The summed E-state index contributed by atoms with van der Waals surface area (Å²) < 4.78 is 0. The summed E-state index contributed by atoms with van der Waals surface area (Å²) >= 11 is 0. The first-order valence-corrected chi connectivity index (χ1v) is 7.99. The Morgan fingerprint density at radius 2 is 1.83 bits per heavy atom. The van der Waals surface area contributed by atoms with Gasteiger partial charge in [-0.3, -0.25) is 4.79 Å². The molecule has 1 aromatic rings. The van der Waals surface area contributed by atoms with Crippen molar-refractivity contribution in [3.8, 4) is 0 Å². The third-order valence-electron chi connectivity index (χ3n) is 4.66. The van der Waals surface area contributed by atoms with Crippen molar-refractivity contribution in [1.82, 2.24) is 9.88 Å². The maximum Gasteiger partial charge on any atom is 0.257 e. The topological polar surface area (TPSA) is 62.5 Å². The van der Waals surface area contributed by atoms with Crippen LogP contribution in [0.4, 0.5) is 5.82 Å². The zero-order valence-electron chi connectivity index (χ0n) is 13.3. The first kappa shape index (κ1) is 20.0. The molecule has 2 saturated heterocycles. The van der Waals surface area contributed by atoms with E-state index >= 15 is 0 Å². The van der Waals surface area contributed by atoms with E-state index in [1.807, 2.05) is 17.0 Å². The van der Waals surface area contributed by atoms with Crippen molar-refractivity contribution in [2.24, 2.45) is 11.7 Å². The van der Waals surface area contributed by atoms with Crippen LogP contribution >= 0.6 is 24.8 Å². The van der Waals surface area contributed by atoms with Crippen molar-refractivity contribution in [1.29, 1.82) is 0 Å². The lowest BCUT2D eigenvalue weighted by molar-refractivity contribution is 0.0693. The molecule has 2 aliphatic heterocycles. The molecule has 3 heterocycles. The summed E-state index contributed by atoms with van der Waals surface area (Å²) in [7, 11) is 0. The van der Waals surface area contributed by atoms with Gasteiger partial charge in [0.05, 0.1) is 5.56 Å². The Morgan fingerprint density at radius 3 is 2.43 bits per heavy atom. The lowest BCUT2D eigenvalue weighted by atomic mass is 9.96. The van der Waals surface area contributed by atoms with Gasteiger partial charge in [-0.25, -0.2) is 4.98 Å². The summed E-state index contributed by atoms with van der Waals surface area (Å²) in [5, 5.41) is 0. The molecule has 23 heavy (non-hydrogen) atoms. The van der Waals surface area contributed by atoms with Crippen LogP contribution in [0.5, 0.6) is 0 Å². The molecule has 0 spiro atoms. The highest BCUT2D eigenvalue weighted by molar-refractivity contribution is 5.99. The van der Waals surface area contributed by atoms with Crippen LogP contribution in [-0.4, -0.2) is 48.5 Å². The average molecular weight is 361 g/mol. The SMILES string of the molecule is Cl.Cl.NCC1CCN(C(=O)c2cccnc2N2CCCC2)CC1. The average Bonchev–Trinajstić information content (AvgIpc) is 3.08. The van der Waals surface area contributed by atoms with Crippen LogP contribution in [0.2, 0.25) is 0 Å². The normalized spacial score (nSPS) is 18.3. The highest BCUT2D eigenvalue weighted by Gasteiger charge is 2.27. The van der Waals surface area contributed by atoms with Gasteiger partial charge in [0, 0.05) is 32.4 Å². The molecule has 0 unspecified atom stereocenters. The standard InChI is InChI=1S/C16H24N4O.2ClH/c17-12-13-5-10-20(11-6-13)16(21)14-4-3-7-18-15(14)19-8-1-2-9-19;;/h3-4,7,13H,1-2,5-6,8-12,17H2;2*1H. The molecule has 0 atom stereocenters. The van der Waals surface area contributed by atoms with Crippen molar-refractivity contribution in [2.45, 2.75) is 25.7 Å². The van der Waals surface area contributed by atoms with Crippen LogP contribution in [-0.2, 0) is 0 Å². The van der Waals surface area contributed by atoms with Crippen molar-refractivity contribution >= 4 is 36.5 Å². The van der Waals surface area contributed by atoms with Crippen LogP contribution in [0.1, 0.15) is 36.0 Å². The van der Waals surface area contributed by atoms with E-state index in [1.54, 1.807) is 6.20 Å². The van der Waals surface area contributed by atoms with Gasteiger partial charge < -0.3 is 15.5 Å². The van der Waals surface area contributed by atoms with Gasteiger partial charge in [0.2, 0.25) is 0 Å². The predicted octanol–water partition coefficient (Wildman–Crippen LogP) is 2.34. The number of piperidine rings is 1. The van der Waals surface area contributed by atoms with Crippen molar-refractivity contribution in [2.75, 3.05) is 37.6 Å². The Morgan fingerprint density at radius 1 is 1.17 bits per heavy atom. The first-order valence-electron chi connectivity index (χ1n) is 7.99. The molecule has 3 rings (SSSR count). The number of hydrogen-bond acceptors (Lipinski definition) is 4. The molecule has 1 amide bonds. The maximum absolute atomic E-state index is 12.8. The molecule has 2 fully saturated rings. The van der Waals surface area contributed by atoms with Gasteiger partial charge in [-0.05, 0) is 50.3 Å². The molecular weight excluding hydrogens is 335 g/mol. The number of pyridine rings is 1. The maximum atomic E-state index is 12.8. The quantitative estimate of drug-likeness (QED) is 0.898. The minimum atomic E-state index is 0. The van der Waals surface area contributed by atoms with E-state index in [0.29, 0.717) is 5.92 Å². The zero-order valence-corrected chi connectivity index (χ0v) is 15.0. The van der Waals surface area contributed by atoms with Gasteiger partial charge in [-0.15, -0.1) is 24.8 Å². The number of halogens is 2. The lowest BCUT2D eigenvalue weighted by Crippen LogP contribution is -2.40. The van der Waals surface area contributed by atoms with Gasteiger partial charge >= 0.3 is 0 Å². The Balaban J connectivity index is 0.00000132. The van der Waals surface area contributed by atoms with Crippen LogP contribution in [0.25, 0.3) is 0 Å². The number of carbonyl (C=O) groups excluding carboxylic acids is 1. The Kier molecular flexibility index (Phi) is 8.09. The number of nitrogens with zero attached hydrogens (tertiary/aromatic N) is 3. The predicted molar refractivity (Wildman–Crippen MR) is 97.9 cm³/mol. The van der Waals surface area contributed by atoms with Gasteiger partial charge in [0.1, 0.15) is 5.82 Å². The minimum absolute atomic E-state index is 0. The number of likely N-dealkylation sites (tertiary alicyclic amines) is 1. The molecule has 0 saturated carbocycles. The largest absolute Gasteiger partial charge is 0.356 e. The van der Waals surface area contributed by atoms with Crippen molar-refractivity contribution < 1.29 is 4.79 Å². The van der Waals surface area contributed by atoms with Crippen LogP contribution < -0.4 is 10.6 Å². The van der Waals surface area contributed by atoms with Crippen molar-refractivity contribution in [3.63, 3.8) is 0 Å². The number of amides is 1.